The number of aromatic nitrogens is 2. The van der Waals surface area contributed by atoms with Crippen LogP contribution in [-0.2, 0) is 4.74 Å². The molecule has 1 aromatic heterocycles. The van der Waals surface area contributed by atoms with Crippen LogP contribution in [0.1, 0.15) is 38.7 Å². The number of likely N-dealkylation sites (tertiary alicyclic amines) is 1. The number of benzene rings is 1. The third kappa shape index (κ3) is 3.37. The fraction of sp³-hybridized carbons (Fsp3) is 0.500. The van der Waals surface area contributed by atoms with E-state index in [1.807, 2.05) is 36.9 Å². The number of aryl methyl sites for hydroxylation is 1. The van der Waals surface area contributed by atoms with Gasteiger partial charge in [-0.25, -0.2) is 19.2 Å². The number of rotatable bonds is 4. The van der Waals surface area contributed by atoms with Crippen LogP contribution in [0.25, 0.3) is 11.4 Å². The van der Waals surface area contributed by atoms with Crippen LogP contribution in [0, 0.1) is 18.7 Å². The topological polar surface area (TPSA) is 67.3 Å². The van der Waals surface area contributed by atoms with E-state index < -0.39 is 5.82 Å². The van der Waals surface area contributed by atoms with Crippen LogP contribution in [0.3, 0.4) is 0 Å². The molecule has 29 heavy (non-hydrogen) atoms. The number of nitrogens with one attached hydrogen (secondary N) is 1. The summed E-state index contributed by atoms with van der Waals surface area (Å²) < 4.78 is 18.8. The molecule has 2 aromatic rings. The molecule has 1 aliphatic heterocycles. The van der Waals surface area contributed by atoms with E-state index in [0.29, 0.717) is 17.4 Å². The lowest BCUT2D eigenvalue weighted by Gasteiger charge is -2.65. The normalized spacial score (nSPS) is 26.6. The van der Waals surface area contributed by atoms with Gasteiger partial charge in [-0.3, -0.25) is 0 Å². The molecule has 0 radical (unpaired) electrons. The molecule has 1 unspecified atom stereocenters. The Labute approximate surface area is 170 Å². The Balaban J connectivity index is 1.57. The van der Waals surface area contributed by atoms with Gasteiger partial charge < -0.3 is 15.0 Å². The molecule has 0 spiro atoms. The standard InChI is InChI=1S/C22H27FN4O2/c1-13-7-18-10-22(9-13,15(3)29-4)27(18)21(28)26-17-6-5-14(2)19(8-17)20-24-11-16(23)12-25-20/h5-6,8,11-13,15,18H,7,9-10H2,1-4H3,(H,26,28)/t13-,15?,18-,22+/m0/s1. The molecule has 2 amide bonds. The number of piperidine rings is 1. The number of urea groups is 1. The maximum absolute atomic E-state index is 13.2. The van der Waals surface area contributed by atoms with Gasteiger partial charge >= 0.3 is 6.03 Å². The number of carbonyl (C=O) groups is 1. The molecule has 1 saturated carbocycles. The highest BCUT2D eigenvalue weighted by molar-refractivity contribution is 5.92. The molecule has 2 heterocycles. The number of ether oxygens (including phenoxy) is 1. The first-order valence-electron chi connectivity index (χ1n) is 10.1. The predicted octanol–water partition coefficient (Wildman–Crippen LogP) is 4.40. The zero-order valence-corrected chi connectivity index (χ0v) is 17.3. The van der Waals surface area contributed by atoms with Crippen molar-refractivity contribution in [1.82, 2.24) is 14.9 Å². The van der Waals surface area contributed by atoms with E-state index in [0.717, 1.165) is 42.8 Å². The van der Waals surface area contributed by atoms with E-state index in [1.54, 1.807) is 7.11 Å². The van der Waals surface area contributed by atoms with E-state index >= 15 is 0 Å². The Morgan fingerprint density at radius 3 is 2.76 bits per heavy atom. The van der Waals surface area contributed by atoms with Gasteiger partial charge in [0.1, 0.15) is 0 Å². The van der Waals surface area contributed by atoms with Crippen LogP contribution >= 0.6 is 0 Å². The summed E-state index contributed by atoms with van der Waals surface area (Å²) in [5, 5.41) is 3.04. The minimum Gasteiger partial charge on any atom is -0.379 e. The van der Waals surface area contributed by atoms with Gasteiger partial charge in [-0.15, -0.1) is 0 Å². The lowest BCUT2D eigenvalue weighted by atomic mass is 9.62. The molecular formula is C22H27FN4O2. The molecule has 1 saturated heterocycles. The fourth-order valence-corrected chi connectivity index (χ4v) is 5.06. The lowest BCUT2D eigenvalue weighted by Crippen LogP contribution is -2.76. The van der Waals surface area contributed by atoms with Crippen LogP contribution in [0.15, 0.2) is 30.6 Å². The van der Waals surface area contributed by atoms with E-state index in [4.69, 9.17) is 4.74 Å². The first-order valence-corrected chi connectivity index (χ1v) is 10.1. The summed E-state index contributed by atoms with van der Waals surface area (Å²) in [7, 11) is 1.71. The first-order chi connectivity index (χ1) is 13.8. The number of carbonyl (C=O) groups excluding carboxylic acids is 1. The van der Waals surface area contributed by atoms with Gasteiger partial charge in [0.2, 0.25) is 0 Å². The van der Waals surface area contributed by atoms with Crippen LogP contribution in [-0.4, -0.2) is 45.7 Å². The van der Waals surface area contributed by atoms with Crippen molar-refractivity contribution < 1.29 is 13.9 Å². The molecule has 4 rings (SSSR count). The third-order valence-corrected chi connectivity index (χ3v) is 6.49. The van der Waals surface area contributed by atoms with Crippen molar-refractivity contribution in [3.05, 3.63) is 42.0 Å². The van der Waals surface area contributed by atoms with Crippen molar-refractivity contribution in [1.29, 1.82) is 0 Å². The van der Waals surface area contributed by atoms with Gasteiger partial charge in [0.15, 0.2) is 11.6 Å². The van der Waals surface area contributed by atoms with Crippen molar-refractivity contribution in [3.8, 4) is 11.4 Å². The van der Waals surface area contributed by atoms with Gasteiger partial charge in [0, 0.05) is 24.4 Å². The molecule has 1 N–H and O–H groups in total. The number of hydrogen-bond acceptors (Lipinski definition) is 4. The fourth-order valence-electron chi connectivity index (χ4n) is 5.06. The van der Waals surface area contributed by atoms with E-state index in [2.05, 4.69) is 22.2 Å². The number of nitrogens with zero attached hydrogens (tertiary/aromatic N) is 3. The zero-order valence-electron chi connectivity index (χ0n) is 17.3. The Bertz CT molecular complexity index is 920. The smallest absolute Gasteiger partial charge is 0.322 e. The van der Waals surface area contributed by atoms with Crippen LogP contribution in [0.4, 0.5) is 14.9 Å². The van der Waals surface area contributed by atoms with Crippen LogP contribution < -0.4 is 5.32 Å². The number of amides is 2. The summed E-state index contributed by atoms with van der Waals surface area (Å²) in [5.74, 6) is 0.531. The van der Waals surface area contributed by atoms with Gasteiger partial charge in [0.25, 0.3) is 0 Å². The van der Waals surface area contributed by atoms with Crippen molar-refractivity contribution in [3.63, 3.8) is 0 Å². The molecule has 2 fully saturated rings. The predicted molar refractivity (Wildman–Crippen MR) is 109 cm³/mol. The summed E-state index contributed by atoms with van der Waals surface area (Å²) in [5.41, 5.74) is 2.14. The van der Waals surface area contributed by atoms with E-state index in [9.17, 15) is 9.18 Å². The highest BCUT2D eigenvalue weighted by Gasteiger charge is 2.61. The minimum absolute atomic E-state index is 0.0200. The molecule has 2 aliphatic rings. The van der Waals surface area contributed by atoms with Crippen molar-refractivity contribution in [2.75, 3.05) is 12.4 Å². The van der Waals surface area contributed by atoms with Gasteiger partial charge in [0.05, 0.1) is 24.0 Å². The molecule has 7 heteroatoms. The second kappa shape index (κ2) is 7.37. The molecule has 4 atom stereocenters. The second-order valence-corrected chi connectivity index (χ2v) is 8.44. The third-order valence-electron chi connectivity index (χ3n) is 6.49. The summed E-state index contributed by atoms with van der Waals surface area (Å²) in [6.07, 6.45) is 5.23. The molecule has 154 valence electrons. The first kappa shape index (κ1) is 19.8. The van der Waals surface area contributed by atoms with Crippen molar-refractivity contribution in [2.45, 2.75) is 57.7 Å². The van der Waals surface area contributed by atoms with Crippen LogP contribution in [0.5, 0.6) is 0 Å². The maximum Gasteiger partial charge on any atom is 0.322 e. The Morgan fingerprint density at radius 2 is 2.07 bits per heavy atom. The Kier molecular flexibility index (Phi) is 5.02. The second-order valence-electron chi connectivity index (χ2n) is 8.44. The average molecular weight is 398 g/mol. The van der Waals surface area contributed by atoms with Crippen molar-refractivity contribution >= 4 is 11.7 Å². The molecular weight excluding hydrogens is 371 g/mol. The number of methoxy groups -OCH3 is 1. The van der Waals surface area contributed by atoms with Gasteiger partial charge in [-0.1, -0.05) is 13.0 Å². The monoisotopic (exact) mass is 398 g/mol. The average Bonchev–Trinajstić information content (AvgIpc) is 2.68. The van der Waals surface area contributed by atoms with Crippen LogP contribution in [0.2, 0.25) is 0 Å². The highest BCUT2D eigenvalue weighted by Crippen LogP contribution is 2.52. The Morgan fingerprint density at radius 1 is 1.34 bits per heavy atom. The SMILES string of the molecule is COC(C)[C@@]12C[C@@H](C)C[C@@H](C1)N2C(=O)Nc1ccc(C)c(-c2ncc(F)cn2)c1. The summed E-state index contributed by atoms with van der Waals surface area (Å²) in [4.78, 5) is 23.3. The van der Waals surface area contributed by atoms with Crippen molar-refractivity contribution in [2.24, 2.45) is 5.92 Å². The largest absolute Gasteiger partial charge is 0.379 e. The Hall–Kier alpha value is -2.54. The maximum atomic E-state index is 13.2. The summed E-state index contributed by atoms with van der Waals surface area (Å²) in [6.45, 7) is 6.22. The number of fused-ring (bicyclic) bond motifs is 2. The molecule has 1 aromatic carbocycles. The summed E-state index contributed by atoms with van der Waals surface area (Å²) in [6, 6.07) is 5.76. The molecule has 1 aliphatic carbocycles. The van der Waals surface area contributed by atoms with Gasteiger partial charge in [-0.2, -0.15) is 0 Å². The van der Waals surface area contributed by atoms with E-state index in [-0.39, 0.29) is 23.7 Å². The summed E-state index contributed by atoms with van der Waals surface area (Å²) >= 11 is 0. The van der Waals surface area contributed by atoms with Gasteiger partial charge in [-0.05, 0) is 56.7 Å². The molecule has 6 nitrogen and oxygen atoms in total. The minimum atomic E-state index is -0.480. The number of anilines is 1. The number of hydrogen-bond donors (Lipinski definition) is 1. The zero-order chi connectivity index (χ0) is 20.8. The quantitative estimate of drug-likeness (QED) is 0.829. The lowest BCUT2D eigenvalue weighted by molar-refractivity contribution is -0.155. The van der Waals surface area contributed by atoms with E-state index in [1.165, 1.54) is 0 Å². The highest BCUT2D eigenvalue weighted by atomic mass is 19.1. The number of halogens is 1. The molecule has 2 bridgehead atoms.